The molecule has 0 fully saturated rings. The lowest BCUT2D eigenvalue weighted by Gasteiger charge is -2.18. The summed E-state index contributed by atoms with van der Waals surface area (Å²) in [5.74, 6) is 0. The van der Waals surface area contributed by atoms with E-state index in [1.807, 2.05) is 0 Å². The van der Waals surface area contributed by atoms with Gasteiger partial charge in [0.15, 0.2) is 0 Å². The average Bonchev–Trinajstić information content (AvgIpc) is 3.62. The van der Waals surface area contributed by atoms with Gasteiger partial charge in [-0.1, -0.05) is 188 Å². The Morgan fingerprint density at radius 3 is 1.28 bits per heavy atom. The first-order valence-corrected chi connectivity index (χ1v) is 19.7. The first-order chi connectivity index (χ1) is 28.3. The van der Waals surface area contributed by atoms with Crippen molar-refractivity contribution in [2.75, 3.05) is 0 Å². The summed E-state index contributed by atoms with van der Waals surface area (Å²) in [4.78, 5) is 0. The van der Waals surface area contributed by atoms with Crippen LogP contribution in [0.25, 0.3) is 105 Å². The molecule has 0 saturated heterocycles. The van der Waals surface area contributed by atoms with E-state index in [2.05, 4.69) is 229 Å². The number of nitrogens with zero attached hydrogens (tertiary/aromatic N) is 1. The Morgan fingerprint density at radius 2 is 0.649 bits per heavy atom. The molecule has 1 nitrogen and oxygen atoms in total. The van der Waals surface area contributed by atoms with Crippen molar-refractivity contribution in [3.8, 4) is 61.3 Å². The largest absolute Gasteiger partial charge is 0.309 e. The Balaban J connectivity index is 1.02. The molecule has 0 atom stereocenters. The summed E-state index contributed by atoms with van der Waals surface area (Å²) in [6, 6.07) is 81.8. The zero-order valence-electron chi connectivity index (χ0n) is 31.3. The van der Waals surface area contributed by atoms with E-state index in [0.29, 0.717) is 0 Å². The summed E-state index contributed by atoms with van der Waals surface area (Å²) in [5, 5.41) is 7.56. The third-order valence-corrected chi connectivity index (χ3v) is 11.6. The van der Waals surface area contributed by atoms with Gasteiger partial charge in [0.25, 0.3) is 0 Å². The zero-order chi connectivity index (χ0) is 37.7. The number of aromatic nitrogens is 1. The Labute approximate surface area is 332 Å². The number of benzene rings is 10. The molecule has 0 bridgehead atoms. The minimum atomic E-state index is 1.15. The lowest BCUT2D eigenvalue weighted by Crippen LogP contribution is -1.94. The molecule has 57 heavy (non-hydrogen) atoms. The van der Waals surface area contributed by atoms with E-state index >= 15 is 0 Å². The van der Waals surface area contributed by atoms with Gasteiger partial charge in [0.05, 0.1) is 11.0 Å². The standard InChI is InChI=1S/C56H37N/c1-3-16-38(17-4-1)45-22-7-8-23-46(45)43-21-15-20-41(36-43)42-32-35-54-52(37-42)47-24-13-14-29-53(47)57(54)44-33-30-40(31-34-44)56-50-27-11-9-25-48(50)55(39-18-5-2-6-19-39)49-26-10-12-28-51(49)56/h1-37H. The van der Waals surface area contributed by atoms with Crippen LogP contribution in [0.1, 0.15) is 0 Å². The zero-order valence-corrected chi connectivity index (χ0v) is 31.3. The summed E-state index contributed by atoms with van der Waals surface area (Å²) in [7, 11) is 0. The van der Waals surface area contributed by atoms with Crippen LogP contribution in [0, 0.1) is 0 Å². The Morgan fingerprint density at radius 1 is 0.228 bits per heavy atom. The lowest BCUT2D eigenvalue weighted by atomic mass is 9.86. The highest BCUT2D eigenvalue weighted by Gasteiger charge is 2.18. The average molecular weight is 724 g/mol. The van der Waals surface area contributed by atoms with E-state index in [-0.39, 0.29) is 0 Å². The van der Waals surface area contributed by atoms with Crippen molar-refractivity contribution in [3.63, 3.8) is 0 Å². The van der Waals surface area contributed by atoms with Crippen molar-refractivity contribution < 1.29 is 0 Å². The van der Waals surface area contributed by atoms with E-state index in [0.717, 1.165) is 5.69 Å². The van der Waals surface area contributed by atoms with E-state index in [9.17, 15) is 0 Å². The fourth-order valence-electron chi connectivity index (χ4n) is 9.03. The molecule has 0 radical (unpaired) electrons. The van der Waals surface area contributed by atoms with Gasteiger partial charge < -0.3 is 4.57 Å². The van der Waals surface area contributed by atoms with Crippen molar-refractivity contribution in [2.45, 2.75) is 0 Å². The molecular weight excluding hydrogens is 687 g/mol. The fourth-order valence-corrected chi connectivity index (χ4v) is 9.03. The Bertz CT molecular complexity index is 3210. The van der Waals surface area contributed by atoms with Gasteiger partial charge in [0.1, 0.15) is 0 Å². The minimum absolute atomic E-state index is 1.15. The third-order valence-electron chi connectivity index (χ3n) is 11.6. The maximum absolute atomic E-state index is 2.42. The van der Waals surface area contributed by atoms with Crippen LogP contribution in [0.15, 0.2) is 224 Å². The number of hydrogen-bond acceptors (Lipinski definition) is 0. The van der Waals surface area contributed by atoms with Crippen LogP contribution in [0.2, 0.25) is 0 Å². The molecule has 1 heterocycles. The van der Waals surface area contributed by atoms with Crippen LogP contribution < -0.4 is 0 Å². The molecule has 0 N–H and O–H groups in total. The van der Waals surface area contributed by atoms with Crippen LogP contribution in [-0.2, 0) is 0 Å². The summed E-state index contributed by atoms with van der Waals surface area (Å²) in [6.45, 7) is 0. The van der Waals surface area contributed by atoms with E-state index in [1.54, 1.807) is 0 Å². The normalized spacial score (nSPS) is 11.5. The highest BCUT2D eigenvalue weighted by atomic mass is 15.0. The summed E-state index contributed by atoms with van der Waals surface area (Å²) in [6.07, 6.45) is 0. The van der Waals surface area contributed by atoms with Gasteiger partial charge >= 0.3 is 0 Å². The summed E-state index contributed by atoms with van der Waals surface area (Å²) in [5.41, 5.74) is 15.9. The maximum Gasteiger partial charge on any atom is 0.0541 e. The first kappa shape index (κ1) is 32.9. The van der Waals surface area contributed by atoms with Crippen LogP contribution in [-0.4, -0.2) is 4.57 Å². The SMILES string of the molecule is c1ccc(-c2ccccc2-c2cccc(-c3ccc4c(c3)c3ccccc3n4-c3ccc(-c4c5ccccc5c(-c5ccccc5)c5ccccc45)cc3)c2)cc1. The third kappa shape index (κ3) is 5.55. The van der Waals surface area contributed by atoms with Crippen LogP contribution in [0.4, 0.5) is 0 Å². The van der Waals surface area contributed by atoms with Crippen molar-refractivity contribution in [1.29, 1.82) is 0 Å². The van der Waals surface area contributed by atoms with Crippen molar-refractivity contribution in [1.82, 2.24) is 4.57 Å². The quantitative estimate of drug-likeness (QED) is 0.151. The highest BCUT2D eigenvalue weighted by Crippen LogP contribution is 2.44. The molecule has 11 aromatic rings. The van der Waals surface area contributed by atoms with Gasteiger partial charge in [0, 0.05) is 16.5 Å². The fraction of sp³-hybridized carbons (Fsp3) is 0. The molecule has 0 aliphatic heterocycles. The lowest BCUT2D eigenvalue weighted by molar-refractivity contribution is 1.18. The summed E-state index contributed by atoms with van der Waals surface area (Å²) >= 11 is 0. The minimum Gasteiger partial charge on any atom is -0.309 e. The van der Waals surface area contributed by atoms with Gasteiger partial charge in [-0.2, -0.15) is 0 Å². The van der Waals surface area contributed by atoms with Gasteiger partial charge in [-0.25, -0.2) is 0 Å². The summed E-state index contributed by atoms with van der Waals surface area (Å²) < 4.78 is 2.42. The highest BCUT2D eigenvalue weighted by molar-refractivity contribution is 6.21. The number of para-hydroxylation sites is 1. The topological polar surface area (TPSA) is 4.93 Å². The molecule has 1 aromatic heterocycles. The number of rotatable bonds is 6. The predicted octanol–water partition coefficient (Wildman–Crippen LogP) is 15.4. The Kier molecular flexibility index (Phi) is 7.89. The van der Waals surface area contributed by atoms with Gasteiger partial charge in [-0.15, -0.1) is 0 Å². The monoisotopic (exact) mass is 723 g/mol. The van der Waals surface area contributed by atoms with Crippen LogP contribution in [0.5, 0.6) is 0 Å². The molecule has 0 amide bonds. The molecule has 11 rings (SSSR count). The van der Waals surface area contributed by atoms with E-state index in [1.165, 1.54) is 99.0 Å². The van der Waals surface area contributed by atoms with Gasteiger partial charge in [0.2, 0.25) is 0 Å². The smallest absolute Gasteiger partial charge is 0.0541 e. The second kappa shape index (κ2) is 13.7. The molecule has 0 unspecified atom stereocenters. The predicted molar refractivity (Wildman–Crippen MR) is 243 cm³/mol. The van der Waals surface area contributed by atoms with Crippen LogP contribution in [0.3, 0.4) is 0 Å². The second-order valence-corrected chi connectivity index (χ2v) is 14.8. The second-order valence-electron chi connectivity index (χ2n) is 14.8. The van der Waals surface area contributed by atoms with Crippen molar-refractivity contribution in [3.05, 3.63) is 224 Å². The van der Waals surface area contributed by atoms with E-state index in [4.69, 9.17) is 0 Å². The first-order valence-electron chi connectivity index (χ1n) is 19.7. The van der Waals surface area contributed by atoms with Gasteiger partial charge in [-0.05, 0) is 114 Å². The van der Waals surface area contributed by atoms with Gasteiger partial charge in [-0.3, -0.25) is 0 Å². The Hall–Kier alpha value is -7.48. The molecule has 0 aliphatic rings. The van der Waals surface area contributed by atoms with Crippen molar-refractivity contribution >= 4 is 43.4 Å². The number of hydrogen-bond donors (Lipinski definition) is 0. The molecule has 0 spiro atoms. The maximum atomic E-state index is 2.42. The molecule has 10 aromatic carbocycles. The van der Waals surface area contributed by atoms with E-state index < -0.39 is 0 Å². The molecule has 266 valence electrons. The van der Waals surface area contributed by atoms with Crippen molar-refractivity contribution in [2.24, 2.45) is 0 Å². The molecule has 0 saturated carbocycles. The molecular formula is C56H37N. The molecule has 0 aliphatic carbocycles. The molecule has 1 heteroatoms. The number of fused-ring (bicyclic) bond motifs is 5. The van der Waals surface area contributed by atoms with Crippen LogP contribution >= 0.6 is 0 Å².